The van der Waals surface area contributed by atoms with E-state index < -0.39 is 5.66 Å². The highest BCUT2D eigenvalue weighted by atomic mass is 16.5. The minimum Gasteiger partial charge on any atom is -0.464 e. The second kappa shape index (κ2) is 3.19. The summed E-state index contributed by atoms with van der Waals surface area (Å²) in [6, 6.07) is 0. The highest BCUT2D eigenvalue weighted by Crippen LogP contribution is 2.23. The maximum absolute atomic E-state index is 9.98. The van der Waals surface area contributed by atoms with E-state index >= 15 is 0 Å². The highest BCUT2D eigenvalue weighted by Gasteiger charge is 2.29. The van der Waals surface area contributed by atoms with Crippen molar-refractivity contribution in [1.29, 1.82) is 0 Å². The van der Waals surface area contributed by atoms with Crippen LogP contribution in [0.5, 0.6) is 0 Å². The number of nitrogens with two attached hydrogens (primary N) is 2. The Bertz CT molecular complexity index is 147. The van der Waals surface area contributed by atoms with Crippen LogP contribution in [-0.2, 0) is 9.53 Å². The summed E-state index contributed by atoms with van der Waals surface area (Å²) in [6.07, 6.45) is 3.13. The molecule has 4 heteroatoms. The molecule has 64 valence electrons. The van der Waals surface area contributed by atoms with Crippen LogP contribution in [-0.4, -0.2) is 18.2 Å². The van der Waals surface area contributed by atoms with Crippen molar-refractivity contribution in [3.63, 3.8) is 0 Å². The summed E-state index contributed by atoms with van der Waals surface area (Å²) in [5.74, 6) is 0. The molecular weight excluding hydrogens is 144 g/mol. The average Bonchev–Trinajstić information content (AvgIpc) is 1.85. The summed E-state index contributed by atoms with van der Waals surface area (Å²) in [5, 5.41) is 0. The van der Waals surface area contributed by atoms with Gasteiger partial charge in [0.25, 0.3) is 6.47 Å². The van der Waals surface area contributed by atoms with Crippen molar-refractivity contribution < 1.29 is 9.53 Å². The Morgan fingerprint density at radius 2 is 2.27 bits per heavy atom. The van der Waals surface area contributed by atoms with Crippen LogP contribution in [0.15, 0.2) is 0 Å². The van der Waals surface area contributed by atoms with E-state index in [0.717, 1.165) is 19.3 Å². The van der Waals surface area contributed by atoms with Crippen molar-refractivity contribution in [2.75, 3.05) is 0 Å². The molecule has 0 spiro atoms. The van der Waals surface area contributed by atoms with Crippen LogP contribution < -0.4 is 11.5 Å². The van der Waals surface area contributed by atoms with Crippen LogP contribution in [0.4, 0.5) is 0 Å². The standard InChI is InChI=1S/C7H14N2O2/c8-7(9)3-1-2-6(4-7)11-5-10/h5-6H,1-4,8-9H2. The molecule has 1 atom stereocenters. The van der Waals surface area contributed by atoms with Crippen molar-refractivity contribution in [1.82, 2.24) is 0 Å². The largest absolute Gasteiger partial charge is 0.464 e. The highest BCUT2D eigenvalue weighted by molar-refractivity contribution is 5.37. The fraction of sp³-hybridized carbons (Fsp3) is 0.857. The van der Waals surface area contributed by atoms with Crippen molar-refractivity contribution >= 4 is 6.47 Å². The number of carbonyl (C=O) groups excluding carboxylic acids is 1. The average molecular weight is 158 g/mol. The number of carbonyl (C=O) groups is 1. The van der Waals surface area contributed by atoms with Gasteiger partial charge in [-0.05, 0) is 19.3 Å². The molecule has 0 radical (unpaired) electrons. The molecule has 4 N–H and O–H groups in total. The van der Waals surface area contributed by atoms with Crippen LogP contribution >= 0.6 is 0 Å². The van der Waals surface area contributed by atoms with Crippen LogP contribution in [0.2, 0.25) is 0 Å². The Balaban J connectivity index is 2.39. The van der Waals surface area contributed by atoms with Gasteiger partial charge in [-0.15, -0.1) is 0 Å². The summed E-state index contributed by atoms with van der Waals surface area (Å²) >= 11 is 0. The van der Waals surface area contributed by atoms with Gasteiger partial charge in [-0.1, -0.05) is 0 Å². The fourth-order valence-electron chi connectivity index (χ4n) is 1.48. The van der Waals surface area contributed by atoms with E-state index in [-0.39, 0.29) is 6.10 Å². The molecule has 1 fully saturated rings. The molecule has 1 rings (SSSR count). The third-order valence-electron chi connectivity index (χ3n) is 2.02. The van der Waals surface area contributed by atoms with Gasteiger partial charge in [0.15, 0.2) is 0 Å². The zero-order chi connectivity index (χ0) is 8.32. The van der Waals surface area contributed by atoms with E-state index in [2.05, 4.69) is 0 Å². The monoisotopic (exact) mass is 158 g/mol. The lowest BCUT2D eigenvalue weighted by atomic mass is 9.88. The Morgan fingerprint density at radius 3 is 2.82 bits per heavy atom. The summed E-state index contributed by atoms with van der Waals surface area (Å²) in [5.41, 5.74) is 10.7. The lowest BCUT2D eigenvalue weighted by Crippen LogP contribution is -2.54. The zero-order valence-corrected chi connectivity index (χ0v) is 6.45. The molecule has 1 unspecified atom stereocenters. The van der Waals surface area contributed by atoms with Crippen LogP contribution in [0.3, 0.4) is 0 Å². The van der Waals surface area contributed by atoms with Gasteiger partial charge < -0.3 is 16.2 Å². The SMILES string of the molecule is NC1(N)CCCC(OC=O)C1. The Morgan fingerprint density at radius 1 is 1.55 bits per heavy atom. The predicted octanol–water partition coefficient (Wildman–Crippen LogP) is -0.284. The third kappa shape index (κ3) is 2.48. The molecule has 0 aliphatic heterocycles. The Labute approximate surface area is 65.9 Å². The lowest BCUT2D eigenvalue weighted by molar-refractivity contribution is -0.135. The third-order valence-corrected chi connectivity index (χ3v) is 2.02. The molecule has 1 aliphatic rings. The van der Waals surface area contributed by atoms with E-state index in [1.165, 1.54) is 0 Å². The van der Waals surface area contributed by atoms with Gasteiger partial charge in [0.05, 0.1) is 5.66 Å². The van der Waals surface area contributed by atoms with E-state index in [4.69, 9.17) is 16.2 Å². The first-order valence-corrected chi connectivity index (χ1v) is 3.81. The van der Waals surface area contributed by atoms with Crippen molar-refractivity contribution in [2.45, 2.75) is 37.5 Å². The zero-order valence-electron chi connectivity index (χ0n) is 6.45. The van der Waals surface area contributed by atoms with Crippen molar-refractivity contribution in [3.05, 3.63) is 0 Å². The van der Waals surface area contributed by atoms with E-state index in [0.29, 0.717) is 12.9 Å². The topological polar surface area (TPSA) is 78.3 Å². The second-order valence-electron chi connectivity index (χ2n) is 3.18. The number of rotatable bonds is 2. The van der Waals surface area contributed by atoms with Gasteiger partial charge in [0.1, 0.15) is 6.10 Å². The molecule has 0 amide bonds. The molecule has 0 heterocycles. The maximum atomic E-state index is 9.98. The van der Waals surface area contributed by atoms with Crippen LogP contribution in [0.1, 0.15) is 25.7 Å². The molecule has 0 aromatic heterocycles. The normalized spacial score (nSPS) is 29.5. The summed E-state index contributed by atoms with van der Waals surface area (Å²) in [6.45, 7) is 0.464. The van der Waals surface area contributed by atoms with Gasteiger partial charge >= 0.3 is 0 Å². The van der Waals surface area contributed by atoms with Crippen molar-refractivity contribution in [3.8, 4) is 0 Å². The van der Waals surface area contributed by atoms with Gasteiger partial charge in [-0.2, -0.15) is 0 Å². The summed E-state index contributed by atoms with van der Waals surface area (Å²) in [4.78, 5) is 9.98. The quantitative estimate of drug-likeness (QED) is 0.428. The van der Waals surface area contributed by atoms with Gasteiger partial charge in [0.2, 0.25) is 0 Å². The Hall–Kier alpha value is -0.610. The molecule has 0 saturated heterocycles. The van der Waals surface area contributed by atoms with Crippen LogP contribution in [0, 0.1) is 0 Å². The first-order chi connectivity index (χ1) is 5.14. The fourth-order valence-corrected chi connectivity index (χ4v) is 1.48. The summed E-state index contributed by atoms with van der Waals surface area (Å²) < 4.78 is 4.78. The molecule has 1 aliphatic carbocycles. The van der Waals surface area contributed by atoms with Crippen LogP contribution in [0.25, 0.3) is 0 Å². The van der Waals surface area contributed by atoms with Gasteiger partial charge in [0, 0.05) is 6.42 Å². The number of hydrogen-bond acceptors (Lipinski definition) is 4. The van der Waals surface area contributed by atoms with E-state index in [9.17, 15) is 4.79 Å². The molecule has 11 heavy (non-hydrogen) atoms. The minimum absolute atomic E-state index is 0.0729. The molecule has 0 aromatic carbocycles. The van der Waals surface area contributed by atoms with E-state index in [1.807, 2.05) is 0 Å². The second-order valence-corrected chi connectivity index (χ2v) is 3.18. The Kier molecular flexibility index (Phi) is 2.46. The first kappa shape index (κ1) is 8.49. The number of hydrogen-bond donors (Lipinski definition) is 2. The molecular formula is C7H14N2O2. The van der Waals surface area contributed by atoms with Crippen molar-refractivity contribution in [2.24, 2.45) is 11.5 Å². The lowest BCUT2D eigenvalue weighted by Gasteiger charge is -2.33. The molecule has 0 aromatic rings. The molecule has 0 bridgehead atoms. The molecule has 1 saturated carbocycles. The smallest absolute Gasteiger partial charge is 0.293 e. The van der Waals surface area contributed by atoms with Gasteiger partial charge in [-0.3, -0.25) is 4.79 Å². The number of ether oxygens (including phenoxy) is 1. The maximum Gasteiger partial charge on any atom is 0.293 e. The first-order valence-electron chi connectivity index (χ1n) is 3.81. The minimum atomic E-state index is -0.633. The summed E-state index contributed by atoms with van der Waals surface area (Å²) in [7, 11) is 0. The van der Waals surface area contributed by atoms with E-state index in [1.54, 1.807) is 0 Å². The predicted molar refractivity (Wildman–Crippen MR) is 40.5 cm³/mol. The van der Waals surface area contributed by atoms with Gasteiger partial charge in [-0.25, -0.2) is 0 Å². The molecule has 4 nitrogen and oxygen atoms in total.